The highest BCUT2D eigenvalue weighted by Gasteiger charge is 2.42. The average Bonchev–Trinajstić information content (AvgIpc) is 2.38. The fourth-order valence-electron chi connectivity index (χ4n) is 2.07. The van der Waals surface area contributed by atoms with Crippen LogP contribution in [-0.4, -0.2) is 79.9 Å². The number of amides is 2. The molecule has 19 heavy (non-hydrogen) atoms. The highest BCUT2D eigenvalue weighted by atomic mass is 16.5. The molecule has 1 saturated heterocycles. The standard InChI is InChI=1S/C12H23N3O4/c1-14(2)9-6-13-11(18)15-7-4-12(19-3,5-8-15)10(16)17/h4-9H2,1-3H3,(H,13,18)(H,16,17). The Morgan fingerprint density at radius 2 is 1.95 bits per heavy atom. The van der Waals surface area contributed by atoms with E-state index in [1.807, 2.05) is 19.0 Å². The third-order valence-electron chi connectivity index (χ3n) is 3.47. The molecule has 7 nitrogen and oxygen atoms in total. The average molecular weight is 273 g/mol. The minimum absolute atomic E-state index is 0.142. The molecule has 0 unspecified atom stereocenters. The first-order chi connectivity index (χ1) is 8.91. The van der Waals surface area contributed by atoms with Crippen LogP contribution in [0, 0.1) is 0 Å². The van der Waals surface area contributed by atoms with Gasteiger partial charge in [0.1, 0.15) is 0 Å². The molecule has 1 aliphatic heterocycles. The number of rotatable bonds is 5. The van der Waals surface area contributed by atoms with Gasteiger partial charge in [-0.2, -0.15) is 0 Å². The van der Waals surface area contributed by atoms with Crippen molar-refractivity contribution in [2.75, 3.05) is 47.4 Å². The van der Waals surface area contributed by atoms with Crippen molar-refractivity contribution in [3.8, 4) is 0 Å². The van der Waals surface area contributed by atoms with Gasteiger partial charge in [-0.05, 0) is 14.1 Å². The van der Waals surface area contributed by atoms with Gasteiger partial charge in [-0.1, -0.05) is 0 Å². The first kappa shape index (κ1) is 15.7. The van der Waals surface area contributed by atoms with Crippen LogP contribution in [0.3, 0.4) is 0 Å². The Kier molecular flexibility index (Phi) is 5.56. The van der Waals surface area contributed by atoms with Crippen LogP contribution in [0.25, 0.3) is 0 Å². The molecule has 1 heterocycles. The van der Waals surface area contributed by atoms with Gasteiger partial charge in [-0.25, -0.2) is 9.59 Å². The number of carbonyl (C=O) groups is 2. The van der Waals surface area contributed by atoms with Gasteiger partial charge < -0.3 is 25.0 Å². The Bertz CT molecular complexity index is 325. The Morgan fingerprint density at radius 1 is 1.37 bits per heavy atom. The summed E-state index contributed by atoms with van der Waals surface area (Å²) in [6, 6.07) is -0.142. The summed E-state index contributed by atoms with van der Waals surface area (Å²) in [6.07, 6.45) is 0.639. The minimum Gasteiger partial charge on any atom is -0.479 e. The molecule has 0 aromatic carbocycles. The van der Waals surface area contributed by atoms with E-state index in [2.05, 4.69) is 5.32 Å². The number of piperidine rings is 1. The molecular formula is C12H23N3O4. The normalized spacial score (nSPS) is 18.4. The number of carboxylic acid groups (broad SMARTS) is 1. The van der Waals surface area contributed by atoms with Crippen LogP contribution in [0.4, 0.5) is 4.79 Å². The maximum atomic E-state index is 11.9. The van der Waals surface area contributed by atoms with Gasteiger partial charge in [0, 0.05) is 46.1 Å². The van der Waals surface area contributed by atoms with Crippen LogP contribution in [0.1, 0.15) is 12.8 Å². The molecule has 0 aromatic heterocycles. The number of likely N-dealkylation sites (tertiary alicyclic amines) is 1. The van der Waals surface area contributed by atoms with Crippen LogP contribution in [0.5, 0.6) is 0 Å². The predicted octanol–water partition coefficient (Wildman–Crippen LogP) is -0.177. The van der Waals surface area contributed by atoms with E-state index < -0.39 is 11.6 Å². The number of nitrogens with zero attached hydrogens (tertiary/aromatic N) is 2. The molecule has 2 amide bonds. The molecule has 0 radical (unpaired) electrons. The third-order valence-corrected chi connectivity index (χ3v) is 3.47. The second-order valence-electron chi connectivity index (χ2n) is 5.03. The number of aliphatic carboxylic acids is 1. The van der Waals surface area contributed by atoms with E-state index in [-0.39, 0.29) is 6.03 Å². The lowest BCUT2D eigenvalue weighted by Crippen LogP contribution is -2.54. The summed E-state index contributed by atoms with van der Waals surface area (Å²) in [5.41, 5.74) is -1.14. The largest absolute Gasteiger partial charge is 0.479 e. The Hall–Kier alpha value is -1.34. The molecule has 0 spiro atoms. The number of likely N-dealkylation sites (N-methyl/N-ethyl adjacent to an activating group) is 1. The number of ether oxygens (including phenoxy) is 1. The van der Waals surface area contributed by atoms with E-state index in [1.165, 1.54) is 7.11 Å². The second-order valence-corrected chi connectivity index (χ2v) is 5.03. The van der Waals surface area contributed by atoms with Gasteiger partial charge >= 0.3 is 12.0 Å². The molecule has 110 valence electrons. The van der Waals surface area contributed by atoms with E-state index in [4.69, 9.17) is 9.84 Å². The number of carbonyl (C=O) groups excluding carboxylic acids is 1. The zero-order chi connectivity index (χ0) is 14.5. The number of methoxy groups -OCH3 is 1. The van der Waals surface area contributed by atoms with Crippen LogP contribution in [-0.2, 0) is 9.53 Å². The molecular weight excluding hydrogens is 250 g/mol. The van der Waals surface area contributed by atoms with Crippen LogP contribution < -0.4 is 5.32 Å². The van der Waals surface area contributed by atoms with Gasteiger partial charge in [0.25, 0.3) is 0 Å². The molecule has 1 fully saturated rings. The smallest absolute Gasteiger partial charge is 0.336 e. The van der Waals surface area contributed by atoms with E-state index in [0.29, 0.717) is 32.5 Å². The van der Waals surface area contributed by atoms with Gasteiger partial charge in [-0.3, -0.25) is 0 Å². The van der Waals surface area contributed by atoms with Crippen LogP contribution in [0.2, 0.25) is 0 Å². The molecule has 7 heteroatoms. The number of hydrogen-bond donors (Lipinski definition) is 2. The Balaban J connectivity index is 2.40. The minimum atomic E-state index is -1.14. The Labute approximate surface area is 113 Å². The van der Waals surface area contributed by atoms with Crippen molar-refractivity contribution in [1.82, 2.24) is 15.1 Å². The molecule has 1 rings (SSSR count). The van der Waals surface area contributed by atoms with E-state index >= 15 is 0 Å². The Morgan fingerprint density at radius 3 is 2.37 bits per heavy atom. The molecule has 0 saturated carbocycles. The number of carboxylic acids is 1. The lowest BCUT2D eigenvalue weighted by atomic mass is 9.91. The quantitative estimate of drug-likeness (QED) is 0.726. The molecule has 0 atom stereocenters. The lowest BCUT2D eigenvalue weighted by molar-refractivity contribution is -0.167. The van der Waals surface area contributed by atoms with Crippen LogP contribution >= 0.6 is 0 Å². The topological polar surface area (TPSA) is 82.1 Å². The van der Waals surface area contributed by atoms with E-state index in [0.717, 1.165) is 6.54 Å². The SMILES string of the molecule is COC1(C(=O)O)CCN(C(=O)NCCN(C)C)CC1. The molecule has 2 N–H and O–H groups in total. The van der Waals surface area contributed by atoms with Crippen LogP contribution in [0.15, 0.2) is 0 Å². The molecule has 0 aromatic rings. The number of hydrogen-bond acceptors (Lipinski definition) is 4. The maximum absolute atomic E-state index is 11.9. The number of urea groups is 1. The summed E-state index contributed by atoms with van der Waals surface area (Å²) in [6.45, 7) is 2.15. The van der Waals surface area contributed by atoms with Gasteiger partial charge in [0.15, 0.2) is 5.60 Å². The van der Waals surface area contributed by atoms with Gasteiger partial charge in [-0.15, -0.1) is 0 Å². The van der Waals surface area contributed by atoms with Crippen molar-refractivity contribution in [2.45, 2.75) is 18.4 Å². The van der Waals surface area contributed by atoms with Gasteiger partial charge in [0.2, 0.25) is 0 Å². The number of nitrogens with one attached hydrogen (secondary N) is 1. The zero-order valence-electron chi connectivity index (χ0n) is 11.8. The zero-order valence-corrected chi connectivity index (χ0v) is 11.8. The summed E-state index contributed by atoms with van der Waals surface area (Å²) >= 11 is 0. The van der Waals surface area contributed by atoms with Crippen molar-refractivity contribution >= 4 is 12.0 Å². The monoisotopic (exact) mass is 273 g/mol. The summed E-state index contributed by atoms with van der Waals surface area (Å²) in [5, 5.41) is 12.0. The summed E-state index contributed by atoms with van der Waals surface area (Å²) in [7, 11) is 5.28. The first-order valence-corrected chi connectivity index (χ1v) is 6.37. The molecule has 1 aliphatic rings. The van der Waals surface area contributed by atoms with Crippen molar-refractivity contribution in [2.24, 2.45) is 0 Å². The fraction of sp³-hybridized carbons (Fsp3) is 0.833. The summed E-state index contributed by atoms with van der Waals surface area (Å²) in [4.78, 5) is 26.7. The molecule has 0 bridgehead atoms. The first-order valence-electron chi connectivity index (χ1n) is 6.37. The second kappa shape index (κ2) is 6.72. The molecule has 0 aliphatic carbocycles. The van der Waals surface area contributed by atoms with Crippen molar-refractivity contribution in [3.05, 3.63) is 0 Å². The summed E-state index contributed by atoms with van der Waals surface area (Å²) < 4.78 is 5.12. The van der Waals surface area contributed by atoms with E-state index in [1.54, 1.807) is 4.90 Å². The predicted molar refractivity (Wildman–Crippen MR) is 70.1 cm³/mol. The fourth-order valence-corrected chi connectivity index (χ4v) is 2.07. The highest BCUT2D eigenvalue weighted by Crippen LogP contribution is 2.26. The maximum Gasteiger partial charge on any atom is 0.336 e. The third kappa shape index (κ3) is 4.07. The van der Waals surface area contributed by atoms with Crippen molar-refractivity contribution in [3.63, 3.8) is 0 Å². The van der Waals surface area contributed by atoms with Gasteiger partial charge in [0.05, 0.1) is 0 Å². The lowest BCUT2D eigenvalue weighted by Gasteiger charge is -2.37. The van der Waals surface area contributed by atoms with E-state index in [9.17, 15) is 9.59 Å². The van der Waals surface area contributed by atoms with Crippen molar-refractivity contribution < 1.29 is 19.4 Å². The highest BCUT2D eigenvalue weighted by molar-refractivity contribution is 5.79. The summed E-state index contributed by atoms with van der Waals surface area (Å²) in [5.74, 6) is -0.956. The van der Waals surface area contributed by atoms with Crippen molar-refractivity contribution in [1.29, 1.82) is 0 Å².